The molecule has 1 saturated heterocycles. The maximum absolute atomic E-state index is 13.5. The number of carbonyl (C=O) groups excluding carboxylic acids is 2. The molecule has 0 unspecified atom stereocenters. The molecule has 1 N–H and O–H groups in total. The van der Waals surface area contributed by atoms with Crippen molar-refractivity contribution in [1.82, 2.24) is 9.88 Å². The highest BCUT2D eigenvalue weighted by molar-refractivity contribution is 6.36. The van der Waals surface area contributed by atoms with E-state index >= 15 is 0 Å². The van der Waals surface area contributed by atoms with E-state index < -0.39 is 0 Å². The Morgan fingerprint density at radius 1 is 0.857 bits per heavy atom. The molecule has 2 aromatic carbocycles. The number of ether oxygens (including phenoxy) is 1. The van der Waals surface area contributed by atoms with Gasteiger partial charge in [0.15, 0.2) is 0 Å². The molecule has 3 heterocycles. The number of amides is 2. The summed E-state index contributed by atoms with van der Waals surface area (Å²) >= 11 is 0. The van der Waals surface area contributed by atoms with Crippen LogP contribution in [0.3, 0.4) is 0 Å². The fourth-order valence-electron chi connectivity index (χ4n) is 4.58. The number of imide groups is 1. The number of hydrogen-bond acceptors (Lipinski definition) is 6. The van der Waals surface area contributed by atoms with Gasteiger partial charge in [0.05, 0.1) is 19.2 Å². The van der Waals surface area contributed by atoms with Crippen molar-refractivity contribution in [2.24, 2.45) is 0 Å². The Labute approximate surface area is 205 Å². The van der Waals surface area contributed by atoms with E-state index in [4.69, 9.17) is 4.74 Å². The first-order chi connectivity index (χ1) is 17.1. The first kappa shape index (κ1) is 22.7. The Morgan fingerprint density at radius 2 is 1.54 bits per heavy atom. The molecule has 0 saturated carbocycles. The first-order valence-electron chi connectivity index (χ1n) is 11.9. The summed E-state index contributed by atoms with van der Waals surface area (Å²) in [6, 6.07) is 18.9. The summed E-state index contributed by atoms with van der Waals surface area (Å²) in [7, 11) is 1.59. The summed E-state index contributed by atoms with van der Waals surface area (Å²) in [6.45, 7) is 2.31. The van der Waals surface area contributed by atoms with Crippen molar-refractivity contribution in [3.05, 3.63) is 89.9 Å². The number of aromatic nitrogens is 1. The lowest BCUT2D eigenvalue weighted by atomic mass is 10.0. The van der Waals surface area contributed by atoms with Crippen LogP contribution >= 0.6 is 0 Å². The highest BCUT2D eigenvalue weighted by Gasteiger charge is 2.39. The van der Waals surface area contributed by atoms with E-state index in [2.05, 4.69) is 27.3 Å². The number of methoxy groups -OCH3 is 1. The SMILES string of the molecule is COc1ccc(C2=C(Nc3ccc(N4CCCCC4)cc3)C(=O)N(Cc3ccncc3)C2=O)cc1. The van der Waals surface area contributed by atoms with Gasteiger partial charge in [-0.3, -0.25) is 19.5 Å². The molecular formula is C28H28N4O3. The average molecular weight is 469 g/mol. The van der Waals surface area contributed by atoms with Crippen molar-refractivity contribution >= 4 is 28.8 Å². The van der Waals surface area contributed by atoms with Crippen LogP contribution in [-0.2, 0) is 16.1 Å². The molecule has 7 nitrogen and oxygen atoms in total. The molecule has 178 valence electrons. The summed E-state index contributed by atoms with van der Waals surface area (Å²) < 4.78 is 5.26. The van der Waals surface area contributed by atoms with Crippen molar-refractivity contribution in [2.75, 3.05) is 30.4 Å². The van der Waals surface area contributed by atoms with Crippen LogP contribution in [0.15, 0.2) is 78.8 Å². The summed E-state index contributed by atoms with van der Waals surface area (Å²) in [5.41, 5.74) is 4.06. The molecule has 0 spiro atoms. The van der Waals surface area contributed by atoms with Crippen LogP contribution in [0.4, 0.5) is 11.4 Å². The molecule has 2 aliphatic rings. The van der Waals surface area contributed by atoms with E-state index in [-0.39, 0.29) is 24.1 Å². The van der Waals surface area contributed by atoms with E-state index in [0.717, 1.165) is 24.3 Å². The van der Waals surface area contributed by atoms with Crippen LogP contribution in [0.2, 0.25) is 0 Å². The molecule has 5 rings (SSSR count). The Hall–Kier alpha value is -4.13. The van der Waals surface area contributed by atoms with Gasteiger partial charge in [-0.25, -0.2) is 0 Å². The van der Waals surface area contributed by atoms with Crippen molar-refractivity contribution < 1.29 is 14.3 Å². The number of nitrogens with zero attached hydrogens (tertiary/aromatic N) is 3. The molecule has 2 aliphatic heterocycles. The Morgan fingerprint density at radius 3 is 2.20 bits per heavy atom. The first-order valence-corrected chi connectivity index (χ1v) is 11.9. The molecule has 0 radical (unpaired) electrons. The van der Waals surface area contributed by atoms with Gasteiger partial charge in [0.1, 0.15) is 11.4 Å². The molecule has 35 heavy (non-hydrogen) atoms. The van der Waals surface area contributed by atoms with E-state index in [1.54, 1.807) is 55.9 Å². The number of hydrogen-bond donors (Lipinski definition) is 1. The van der Waals surface area contributed by atoms with Crippen molar-refractivity contribution in [3.8, 4) is 5.75 Å². The third-order valence-electron chi connectivity index (χ3n) is 6.49. The van der Waals surface area contributed by atoms with Gasteiger partial charge < -0.3 is 15.0 Å². The van der Waals surface area contributed by atoms with Crippen LogP contribution in [0.25, 0.3) is 5.57 Å². The normalized spacial score (nSPS) is 16.1. The topological polar surface area (TPSA) is 74.8 Å². The number of anilines is 2. The quantitative estimate of drug-likeness (QED) is 0.516. The molecule has 0 aliphatic carbocycles. The summed E-state index contributed by atoms with van der Waals surface area (Å²) in [5, 5.41) is 3.25. The van der Waals surface area contributed by atoms with Crippen LogP contribution in [0.5, 0.6) is 5.75 Å². The van der Waals surface area contributed by atoms with Crippen molar-refractivity contribution in [1.29, 1.82) is 0 Å². The summed E-state index contributed by atoms with van der Waals surface area (Å²) in [6.07, 6.45) is 7.01. The standard InChI is InChI=1S/C28H28N4O3/c1-35-24-11-5-21(6-12-24)25-26(28(34)32(27(25)33)19-20-13-15-29-16-14-20)30-22-7-9-23(10-8-22)31-17-3-2-4-18-31/h5-16,30H,2-4,17-19H2,1H3. The van der Waals surface area contributed by atoms with Gasteiger partial charge in [-0.1, -0.05) is 12.1 Å². The maximum atomic E-state index is 13.5. The number of rotatable bonds is 7. The van der Waals surface area contributed by atoms with E-state index in [0.29, 0.717) is 16.9 Å². The smallest absolute Gasteiger partial charge is 0.278 e. The fourth-order valence-corrected chi connectivity index (χ4v) is 4.58. The second-order valence-corrected chi connectivity index (χ2v) is 8.75. The minimum absolute atomic E-state index is 0.179. The third-order valence-corrected chi connectivity index (χ3v) is 6.49. The zero-order valence-electron chi connectivity index (χ0n) is 19.7. The zero-order valence-corrected chi connectivity index (χ0v) is 19.7. The van der Waals surface area contributed by atoms with Gasteiger partial charge >= 0.3 is 0 Å². The molecule has 0 bridgehead atoms. The van der Waals surface area contributed by atoms with Gasteiger partial charge in [0.25, 0.3) is 11.8 Å². The molecular weight excluding hydrogens is 440 g/mol. The summed E-state index contributed by atoms with van der Waals surface area (Å²) in [4.78, 5) is 34.7. The molecule has 3 aromatic rings. The van der Waals surface area contributed by atoms with E-state index in [1.165, 1.54) is 29.8 Å². The lowest BCUT2D eigenvalue weighted by Gasteiger charge is -2.28. The molecule has 0 atom stereocenters. The zero-order chi connectivity index (χ0) is 24.2. The minimum atomic E-state index is -0.349. The van der Waals surface area contributed by atoms with Gasteiger partial charge in [0.2, 0.25) is 0 Å². The Balaban J connectivity index is 1.45. The van der Waals surface area contributed by atoms with E-state index in [9.17, 15) is 9.59 Å². The van der Waals surface area contributed by atoms with E-state index in [1.807, 2.05) is 12.1 Å². The second kappa shape index (κ2) is 10.0. The molecule has 2 amide bonds. The van der Waals surface area contributed by atoms with Crippen LogP contribution in [0, 0.1) is 0 Å². The minimum Gasteiger partial charge on any atom is -0.497 e. The monoisotopic (exact) mass is 468 g/mol. The predicted molar refractivity (Wildman–Crippen MR) is 136 cm³/mol. The van der Waals surface area contributed by atoms with Gasteiger partial charge in [0, 0.05) is 36.9 Å². The van der Waals surface area contributed by atoms with Gasteiger partial charge in [-0.2, -0.15) is 0 Å². The maximum Gasteiger partial charge on any atom is 0.278 e. The van der Waals surface area contributed by atoms with Crippen LogP contribution in [-0.4, -0.2) is 41.9 Å². The molecule has 1 aromatic heterocycles. The average Bonchev–Trinajstić information content (AvgIpc) is 3.14. The lowest BCUT2D eigenvalue weighted by Crippen LogP contribution is -2.32. The van der Waals surface area contributed by atoms with Crippen LogP contribution < -0.4 is 15.0 Å². The number of piperidine rings is 1. The Kier molecular flexibility index (Phi) is 6.48. The largest absolute Gasteiger partial charge is 0.497 e. The number of carbonyl (C=O) groups is 2. The number of benzene rings is 2. The second-order valence-electron chi connectivity index (χ2n) is 8.75. The van der Waals surface area contributed by atoms with Crippen LogP contribution in [0.1, 0.15) is 30.4 Å². The van der Waals surface area contributed by atoms with Crippen molar-refractivity contribution in [3.63, 3.8) is 0 Å². The Bertz CT molecular complexity index is 1230. The lowest BCUT2D eigenvalue weighted by molar-refractivity contribution is -0.137. The van der Waals surface area contributed by atoms with Crippen molar-refractivity contribution in [2.45, 2.75) is 25.8 Å². The highest BCUT2D eigenvalue weighted by atomic mass is 16.5. The molecule has 1 fully saturated rings. The third kappa shape index (κ3) is 4.75. The number of pyridine rings is 1. The fraction of sp³-hybridized carbons (Fsp3) is 0.250. The molecule has 7 heteroatoms. The summed E-state index contributed by atoms with van der Waals surface area (Å²) in [5.74, 6) is 0.00438. The number of nitrogens with one attached hydrogen (secondary N) is 1. The van der Waals surface area contributed by atoms with Gasteiger partial charge in [-0.15, -0.1) is 0 Å². The van der Waals surface area contributed by atoms with Gasteiger partial charge in [-0.05, 0) is 78.9 Å². The highest BCUT2D eigenvalue weighted by Crippen LogP contribution is 2.33. The predicted octanol–water partition coefficient (Wildman–Crippen LogP) is 4.47.